The molecule has 1 aromatic carbocycles. The number of aliphatic hydroxyl groups is 2. The highest BCUT2D eigenvalue weighted by Gasteiger charge is 2.44. The Labute approximate surface area is 189 Å². The van der Waals surface area contributed by atoms with Crippen LogP contribution in [0.3, 0.4) is 0 Å². The van der Waals surface area contributed by atoms with Gasteiger partial charge in [0.15, 0.2) is 9.84 Å². The van der Waals surface area contributed by atoms with E-state index < -0.39 is 27.5 Å². The fourth-order valence-corrected chi connectivity index (χ4v) is 4.18. The molecule has 1 heterocycles. The monoisotopic (exact) mass is 478 g/mol. The lowest BCUT2D eigenvalue weighted by Crippen LogP contribution is -2.38. The average Bonchev–Trinajstić information content (AvgIpc) is 2.95. The molecule has 1 aromatic heterocycles. The Hall–Kier alpha value is -1.42. The maximum Gasteiger partial charge on any atom is 0.175 e. The summed E-state index contributed by atoms with van der Waals surface area (Å²) < 4.78 is 29.0. The molecule has 1 aliphatic carbocycles. The molecule has 7 nitrogen and oxygen atoms in total. The van der Waals surface area contributed by atoms with Crippen molar-refractivity contribution in [3.8, 4) is 5.75 Å². The molecule has 2 aromatic rings. The topological polar surface area (TPSA) is 109 Å². The molecule has 3 atom stereocenters. The van der Waals surface area contributed by atoms with Crippen molar-refractivity contribution >= 4 is 34.7 Å². The summed E-state index contributed by atoms with van der Waals surface area (Å²) in [6, 6.07) is 10.1. The standard InChI is InChI=1S/C20H26N2O5S.2ClH/c1-28(25,26)17-6-4-16(5-7-17)27-14-20(9-18(23)19(24)10-20)13-22-12-15-3-2-8-21-11-15;;/h2-8,11,18-19,22-24H,9-10,12-14H2,1H3;2*1H/t18-,19+,20?;;. The van der Waals surface area contributed by atoms with Gasteiger partial charge in [0.25, 0.3) is 0 Å². The molecule has 1 fully saturated rings. The van der Waals surface area contributed by atoms with Gasteiger partial charge in [0, 0.05) is 37.2 Å². The Balaban J connectivity index is 0.00000225. The van der Waals surface area contributed by atoms with Crippen LogP contribution in [0.4, 0.5) is 0 Å². The van der Waals surface area contributed by atoms with Crippen LogP contribution in [0.15, 0.2) is 53.7 Å². The zero-order chi connectivity index (χ0) is 20.2. The number of halogens is 2. The van der Waals surface area contributed by atoms with Crippen molar-refractivity contribution in [2.45, 2.75) is 36.5 Å². The second kappa shape index (κ2) is 11.3. The van der Waals surface area contributed by atoms with Gasteiger partial charge in [-0.1, -0.05) is 6.07 Å². The fraction of sp³-hybridized carbons (Fsp3) is 0.450. The van der Waals surface area contributed by atoms with Crippen LogP contribution < -0.4 is 10.1 Å². The van der Waals surface area contributed by atoms with Crippen LogP contribution in [-0.2, 0) is 16.4 Å². The van der Waals surface area contributed by atoms with Crippen molar-refractivity contribution in [2.75, 3.05) is 19.4 Å². The lowest BCUT2D eigenvalue weighted by atomic mass is 9.86. The second-order valence-electron chi connectivity index (χ2n) is 7.54. The number of rotatable bonds is 8. The summed E-state index contributed by atoms with van der Waals surface area (Å²) in [5.74, 6) is 0.551. The first kappa shape index (κ1) is 26.6. The fourth-order valence-electron chi connectivity index (χ4n) is 3.55. The lowest BCUT2D eigenvalue weighted by molar-refractivity contribution is 0.0438. The Morgan fingerprint density at radius 3 is 2.30 bits per heavy atom. The number of ether oxygens (including phenoxy) is 1. The van der Waals surface area contributed by atoms with Gasteiger partial charge in [0.1, 0.15) is 5.75 Å². The van der Waals surface area contributed by atoms with Crippen molar-refractivity contribution < 1.29 is 23.4 Å². The molecule has 0 amide bonds. The molecular formula is C20H28Cl2N2O5S. The lowest BCUT2D eigenvalue weighted by Gasteiger charge is -2.29. The van der Waals surface area contributed by atoms with Crippen LogP contribution in [0.5, 0.6) is 5.75 Å². The first-order valence-electron chi connectivity index (χ1n) is 9.16. The molecule has 3 N–H and O–H groups in total. The zero-order valence-corrected chi connectivity index (χ0v) is 19.0. The molecular weight excluding hydrogens is 451 g/mol. The van der Waals surface area contributed by atoms with Crippen LogP contribution in [-0.4, -0.2) is 55.2 Å². The third-order valence-corrected chi connectivity index (χ3v) is 6.21. The van der Waals surface area contributed by atoms with Crippen molar-refractivity contribution in [2.24, 2.45) is 5.41 Å². The minimum Gasteiger partial charge on any atom is -0.493 e. The number of hydrogen-bond acceptors (Lipinski definition) is 7. The van der Waals surface area contributed by atoms with E-state index in [4.69, 9.17) is 4.74 Å². The Morgan fingerprint density at radius 2 is 1.77 bits per heavy atom. The smallest absolute Gasteiger partial charge is 0.175 e. The van der Waals surface area contributed by atoms with Gasteiger partial charge in [-0.2, -0.15) is 0 Å². The summed E-state index contributed by atoms with van der Waals surface area (Å²) in [7, 11) is -3.25. The van der Waals surface area contributed by atoms with Gasteiger partial charge in [0.2, 0.25) is 0 Å². The van der Waals surface area contributed by atoms with Gasteiger partial charge in [-0.05, 0) is 48.7 Å². The second-order valence-corrected chi connectivity index (χ2v) is 9.56. The first-order valence-corrected chi connectivity index (χ1v) is 11.1. The largest absolute Gasteiger partial charge is 0.493 e. The molecule has 0 aliphatic heterocycles. The maximum atomic E-state index is 11.6. The number of pyridine rings is 1. The molecule has 3 rings (SSSR count). The van der Waals surface area contributed by atoms with E-state index in [1.807, 2.05) is 12.1 Å². The first-order chi connectivity index (χ1) is 13.3. The SMILES string of the molecule is CS(=O)(=O)c1ccc(OCC2(CNCc3cccnc3)C[C@@H](O)[C@@H](O)C2)cc1.Cl.Cl. The van der Waals surface area contributed by atoms with E-state index >= 15 is 0 Å². The summed E-state index contributed by atoms with van der Waals surface area (Å²) in [5.41, 5.74) is 0.630. The summed E-state index contributed by atoms with van der Waals surface area (Å²) in [5, 5.41) is 23.5. The van der Waals surface area contributed by atoms with Crippen molar-refractivity contribution in [3.05, 3.63) is 54.4 Å². The molecule has 1 aliphatic rings. The highest BCUT2D eigenvalue weighted by molar-refractivity contribution is 7.90. The van der Waals surface area contributed by atoms with Gasteiger partial charge in [0.05, 0.1) is 23.7 Å². The van der Waals surface area contributed by atoms with Crippen LogP contribution >= 0.6 is 24.8 Å². The Bertz CT molecular complexity index is 872. The third-order valence-electron chi connectivity index (χ3n) is 5.08. The zero-order valence-electron chi connectivity index (χ0n) is 16.6. The van der Waals surface area contributed by atoms with Crippen molar-refractivity contribution in [1.82, 2.24) is 10.3 Å². The van der Waals surface area contributed by atoms with Crippen molar-refractivity contribution in [3.63, 3.8) is 0 Å². The molecule has 1 unspecified atom stereocenters. The molecule has 0 saturated heterocycles. The normalized spacial score (nSPS) is 23.3. The van der Waals surface area contributed by atoms with E-state index in [1.54, 1.807) is 24.5 Å². The van der Waals surface area contributed by atoms with Gasteiger partial charge < -0.3 is 20.3 Å². The maximum absolute atomic E-state index is 11.6. The van der Waals surface area contributed by atoms with Gasteiger partial charge in [-0.25, -0.2) is 8.42 Å². The quantitative estimate of drug-likeness (QED) is 0.532. The van der Waals surface area contributed by atoms with E-state index in [0.717, 1.165) is 11.8 Å². The molecule has 0 radical (unpaired) electrons. The van der Waals surface area contributed by atoms with Crippen LogP contribution in [0.25, 0.3) is 0 Å². The number of nitrogens with zero attached hydrogens (tertiary/aromatic N) is 1. The molecule has 0 bridgehead atoms. The van der Waals surface area contributed by atoms with Crippen LogP contribution in [0.1, 0.15) is 18.4 Å². The summed E-state index contributed by atoms with van der Waals surface area (Å²) in [6.45, 7) is 1.50. The molecule has 10 heteroatoms. The Kier molecular flexibility index (Phi) is 10.00. The van der Waals surface area contributed by atoms with E-state index in [1.165, 1.54) is 12.1 Å². The average molecular weight is 479 g/mol. The number of benzene rings is 1. The Morgan fingerprint density at radius 1 is 1.13 bits per heavy atom. The number of hydrogen-bond donors (Lipinski definition) is 3. The number of sulfone groups is 1. The van der Waals surface area contributed by atoms with Crippen LogP contribution in [0, 0.1) is 5.41 Å². The van der Waals surface area contributed by atoms with Gasteiger partial charge >= 0.3 is 0 Å². The molecule has 168 valence electrons. The van der Waals surface area contributed by atoms with E-state index in [0.29, 0.717) is 38.3 Å². The minimum absolute atomic E-state index is 0. The van der Waals surface area contributed by atoms with Gasteiger partial charge in [-0.15, -0.1) is 24.8 Å². The van der Waals surface area contributed by atoms with Crippen molar-refractivity contribution in [1.29, 1.82) is 0 Å². The summed E-state index contributed by atoms with van der Waals surface area (Å²) >= 11 is 0. The predicted octanol–water partition coefficient (Wildman–Crippen LogP) is 2.00. The number of nitrogens with one attached hydrogen (secondary N) is 1. The van der Waals surface area contributed by atoms with E-state index in [2.05, 4.69) is 10.3 Å². The number of aliphatic hydroxyl groups excluding tert-OH is 2. The summed E-state index contributed by atoms with van der Waals surface area (Å²) in [4.78, 5) is 4.32. The minimum atomic E-state index is -3.25. The molecule has 1 saturated carbocycles. The summed E-state index contributed by atoms with van der Waals surface area (Å²) in [6.07, 6.45) is 3.96. The number of aromatic nitrogens is 1. The van der Waals surface area contributed by atoms with Gasteiger partial charge in [-0.3, -0.25) is 4.98 Å². The van der Waals surface area contributed by atoms with E-state index in [-0.39, 0.29) is 29.7 Å². The van der Waals surface area contributed by atoms with E-state index in [9.17, 15) is 18.6 Å². The molecule has 0 spiro atoms. The highest BCUT2D eigenvalue weighted by atomic mass is 35.5. The predicted molar refractivity (Wildman–Crippen MR) is 119 cm³/mol. The van der Waals surface area contributed by atoms with Crippen LogP contribution in [0.2, 0.25) is 0 Å². The highest BCUT2D eigenvalue weighted by Crippen LogP contribution is 2.38. The third kappa shape index (κ3) is 7.08. The molecule has 30 heavy (non-hydrogen) atoms.